The summed E-state index contributed by atoms with van der Waals surface area (Å²) in [6.45, 7) is 2.56. The first kappa shape index (κ1) is 13.8. The number of carbonyl (C=O) groups excluding carboxylic acids is 1. The van der Waals surface area contributed by atoms with Crippen molar-refractivity contribution in [2.45, 2.75) is 13.5 Å². The number of halogens is 2. The van der Waals surface area contributed by atoms with Crippen molar-refractivity contribution in [2.75, 3.05) is 0 Å². The van der Waals surface area contributed by atoms with E-state index in [0.717, 1.165) is 16.6 Å². The van der Waals surface area contributed by atoms with Gasteiger partial charge in [-0.25, -0.2) is 4.39 Å². The fourth-order valence-corrected chi connectivity index (χ4v) is 2.88. The lowest BCUT2D eigenvalue weighted by molar-refractivity contribution is 0.112. The summed E-state index contributed by atoms with van der Waals surface area (Å²) in [5, 5.41) is 0.884. The van der Waals surface area contributed by atoms with Gasteiger partial charge in [-0.2, -0.15) is 0 Å². The first-order chi connectivity index (χ1) is 10.1. The number of nitrogens with zero attached hydrogens (tertiary/aromatic N) is 1. The van der Waals surface area contributed by atoms with Crippen LogP contribution in [0.3, 0.4) is 0 Å². The van der Waals surface area contributed by atoms with Crippen LogP contribution in [0.25, 0.3) is 10.9 Å². The van der Waals surface area contributed by atoms with Crippen LogP contribution in [0.2, 0.25) is 5.15 Å². The van der Waals surface area contributed by atoms with Gasteiger partial charge in [-0.05, 0) is 30.7 Å². The summed E-state index contributed by atoms with van der Waals surface area (Å²) in [5.41, 5.74) is 3.32. The van der Waals surface area contributed by atoms with Gasteiger partial charge in [-0.3, -0.25) is 4.79 Å². The van der Waals surface area contributed by atoms with Crippen molar-refractivity contribution in [1.29, 1.82) is 0 Å². The molecule has 0 unspecified atom stereocenters. The topological polar surface area (TPSA) is 22.0 Å². The minimum atomic E-state index is -0.380. The third kappa shape index (κ3) is 2.45. The van der Waals surface area contributed by atoms with Crippen LogP contribution in [-0.4, -0.2) is 10.9 Å². The van der Waals surface area contributed by atoms with Crippen LogP contribution < -0.4 is 0 Å². The lowest BCUT2D eigenvalue weighted by atomic mass is 10.1. The van der Waals surface area contributed by atoms with Gasteiger partial charge < -0.3 is 4.57 Å². The molecule has 0 atom stereocenters. The van der Waals surface area contributed by atoms with Crippen molar-refractivity contribution in [3.8, 4) is 0 Å². The molecule has 0 saturated heterocycles. The third-order valence-corrected chi connectivity index (χ3v) is 3.95. The predicted octanol–water partition coefficient (Wildman–Crippen LogP) is 4.60. The number of aldehydes is 1. The molecule has 0 bridgehead atoms. The fourth-order valence-electron chi connectivity index (χ4n) is 2.58. The number of hydrogen-bond acceptors (Lipinski definition) is 1. The number of fused-ring (bicyclic) bond motifs is 1. The average Bonchev–Trinajstić information content (AvgIpc) is 2.70. The Bertz CT molecular complexity index is 838. The number of aryl methyl sites for hydroxylation is 1. The molecule has 0 radical (unpaired) electrons. The molecule has 21 heavy (non-hydrogen) atoms. The molecule has 3 aromatic rings. The van der Waals surface area contributed by atoms with E-state index in [9.17, 15) is 9.18 Å². The zero-order chi connectivity index (χ0) is 15.0. The van der Waals surface area contributed by atoms with Crippen molar-refractivity contribution >= 4 is 28.8 Å². The summed E-state index contributed by atoms with van der Waals surface area (Å²) in [7, 11) is 0. The number of rotatable bonds is 3. The number of benzene rings is 2. The first-order valence-corrected chi connectivity index (χ1v) is 6.96. The van der Waals surface area contributed by atoms with Crippen LogP contribution in [0.5, 0.6) is 0 Å². The summed E-state index contributed by atoms with van der Waals surface area (Å²) in [6, 6.07) is 12.4. The quantitative estimate of drug-likeness (QED) is 0.648. The summed E-state index contributed by atoms with van der Waals surface area (Å²) >= 11 is 6.30. The number of aromatic nitrogens is 1. The Balaban J connectivity index is 2.18. The van der Waals surface area contributed by atoms with Gasteiger partial charge in [-0.1, -0.05) is 41.4 Å². The zero-order valence-electron chi connectivity index (χ0n) is 11.4. The minimum Gasteiger partial charge on any atom is -0.327 e. The molecule has 1 aromatic heterocycles. The Morgan fingerprint density at radius 3 is 2.76 bits per heavy atom. The van der Waals surface area contributed by atoms with Gasteiger partial charge in [0.05, 0.1) is 11.1 Å². The van der Waals surface area contributed by atoms with Gasteiger partial charge in [-0.15, -0.1) is 0 Å². The number of carbonyl (C=O) groups is 1. The van der Waals surface area contributed by atoms with E-state index < -0.39 is 0 Å². The second kappa shape index (κ2) is 5.34. The van der Waals surface area contributed by atoms with E-state index in [1.807, 2.05) is 29.7 Å². The number of hydrogen-bond donors (Lipinski definition) is 0. The van der Waals surface area contributed by atoms with Gasteiger partial charge in [0.25, 0.3) is 0 Å². The van der Waals surface area contributed by atoms with Gasteiger partial charge in [0, 0.05) is 11.9 Å². The maximum absolute atomic E-state index is 13.4. The highest BCUT2D eigenvalue weighted by molar-refractivity contribution is 6.34. The maximum atomic E-state index is 13.4. The van der Waals surface area contributed by atoms with Crippen molar-refractivity contribution in [1.82, 2.24) is 4.57 Å². The molecular formula is C17H13ClFNO. The monoisotopic (exact) mass is 301 g/mol. The molecule has 0 fully saturated rings. The Hall–Kier alpha value is -2.13. The van der Waals surface area contributed by atoms with Gasteiger partial charge in [0.1, 0.15) is 11.0 Å². The van der Waals surface area contributed by atoms with E-state index >= 15 is 0 Å². The van der Waals surface area contributed by atoms with E-state index in [1.165, 1.54) is 12.1 Å². The molecular weight excluding hydrogens is 289 g/mol. The van der Waals surface area contributed by atoms with Crippen molar-refractivity contribution < 1.29 is 9.18 Å². The summed E-state index contributed by atoms with van der Waals surface area (Å²) < 4.78 is 15.2. The van der Waals surface area contributed by atoms with Gasteiger partial charge >= 0.3 is 0 Å². The molecule has 0 N–H and O–H groups in total. The smallest absolute Gasteiger partial charge is 0.153 e. The lowest BCUT2D eigenvalue weighted by Gasteiger charge is -2.08. The second-order valence-corrected chi connectivity index (χ2v) is 5.42. The molecule has 0 spiro atoms. The Morgan fingerprint density at radius 2 is 2.05 bits per heavy atom. The molecule has 0 saturated carbocycles. The standard InChI is InChI=1S/C17H13ClFNO/c1-11-3-2-4-12(7-11)9-20-16-6-5-13(19)8-14(16)15(10-21)17(20)18/h2-8,10H,9H2,1H3. The molecule has 2 nitrogen and oxygen atoms in total. The Labute approximate surface area is 126 Å². The van der Waals surface area contributed by atoms with E-state index in [4.69, 9.17) is 11.6 Å². The van der Waals surface area contributed by atoms with Crippen molar-refractivity contribution in [3.05, 3.63) is 70.1 Å². The highest BCUT2D eigenvalue weighted by atomic mass is 35.5. The van der Waals surface area contributed by atoms with Gasteiger partial charge in [0.15, 0.2) is 6.29 Å². The first-order valence-electron chi connectivity index (χ1n) is 6.58. The molecule has 2 aromatic carbocycles. The molecule has 0 aliphatic rings. The van der Waals surface area contributed by atoms with Crippen molar-refractivity contribution in [2.24, 2.45) is 0 Å². The van der Waals surface area contributed by atoms with Gasteiger partial charge in [0.2, 0.25) is 0 Å². The molecule has 0 amide bonds. The second-order valence-electron chi connectivity index (χ2n) is 5.06. The van der Waals surface area contributed by atoms with E-state index in [-0.39, 0.29) is 5.82 Å². The fraction of sp³-hybridized carbons (Fsp3) is 0.118. The Morgan fingerprint density at radius 1 is 1.24 bits per heavy atom. The SMILES string of the molecule is Cc1cccc(Cn2c(Cl)c(C=O)c3cc(F)ccc32)c1. The largest absolute Gasteiger partial charge is 0.327 e. The van der Waals surface area contributed by atoms with Crippen LogP contribution in [0, 0.1) is 12.7 Å². The van der Waals surface area contributed by atoms with Crippen LogP contribution in [0.1, 0.15) is 21.5 Å². The van der Waals surface area contributed by atoms with Crippen LogP contribution in [0.15, 0.2) is 42.5 Å². The van der Waals surface area contributed by atoms with Crippen LogP contribution in [-0.2, 0) is 6.54 Å². The van der Waals surface area contributed by atoms with E-state index in [2.05, 4.69) is 6.07 Å². The highest BCUT2D eigenvalue weighted by Crippen LogP contribution is 2.30. The van der Waals surface area contributed by atoms with Crippen molar-refractivity contribution in [3.63, 3.8) is 0 Å². The van der Waals surface area contributed by atoms with Crippen LogP contribution >= 0.6 is 11.6 Å². The molecule has 106 valence electrons. The zero-order valence-corrected chi connectivity index (χ0v) is 12.2. The van der Waals surface area contributed by atoms with E-state index in [1.54, 1.807) is 6.07 Å². The predicted molar refractivity (Wildman–Crippen MR) is 82.6 cm³/mol. The third-order valence-electron chi connectivity index (χ3n) is 3.54. The highest BCUT2D eigenvalue weighted by Gasteiger charge is 2.16. The molecule has 4 heteroatoms. The Kier molecular flexibility index (Phi) is 3.52. The lowest BCUT2D eigenvalue weighted by Crippen LogP contribution is -2.00. The average molecular weight is 302 g/mol. The van der Waals surface area contributed by atoms with E-state index in [0.29, 0.717) is 28.9 Å². The summed E-state index contributed by atoms with van der Waals surface area (Å²) in [4.78, 5) is 11.3. The minimum absolute atomic E-state index is 0.332. The maximum Gasteiger partial charge on any atom is 0.153 e. The normalized spacial score (nSPS) is 11.0. The molecule has 1 heterocycles. The molecule has 3 rings (SSSR count). The summed E-state index contributed by atoms with van der Waals surface area (Å²) in [5.74, 6) is -0.380. The van der Waals surface area contributed by atoms with Crippen LogP contribution in [0.4, 0.5) is 4.39 Å². The molecule has 0 aliphatic carbocycles. The molecule has 0 aliphatic heterocycles. The summed E-state index contributed by atoms with van der Waals surface area (Å²) in [6.07, 6.45) is 0.677.